The number of nitrogens with one attached hydrogen (secondary N) is 1. The Bertz CT molecular complexity index is 1560. The van der Waals surface area contributed by atoms with Crippen molar-refractivity contribution < 1.29 is 18.7 Å². The molecule has 0 atom stereocenters. The van der Waals surface area contributed by atoms with Crippen molar-refractivity contribution in [2.75, 3.05) is 19.0 Å². The van der Waals surface area contributed by atoms with Gasteiger partial charge in [0, 0.05) is 20.2 Å². The minimum Gasteiger partial charge on any atom is -0.493 e. The average Bonchev–Trinajstić information content (AvgIpc) is 2.83. The summed E-state index contributed by atoms with van der Waals surface area (Å²) in [7, 11) is 1.46. The number of methoxy groups -OCH3 is 1. The van der Waals surface area contributed by atoms with Gasteiger partial charge in [0.2, 0.25) is 0 Å². The molecular formula is C25H19Br2FN4O4. The van der Waals surface area contributed by atoms with Crippen LogP contribution >= 0.6 is 31.9 Å². The van der Waals surface area contributed by atoms with E-state index in [-0.39, 0.29) is 17.9 Å². The van der Waals surface area contributed by atoms with Gasteiger partial charge in [-0.3, -0.25) is 9.59 Å². The van der Waals surface area contributed by atoms with Gasteiger partial charge in [0.1, 0.15) is 11.6 Å². The average molecular weight is 618 g/mol. The summed E-state index contributed by atoms with van der Waals surface area (Å²) < 4.78 is 27.2. The van der Waals surface area contributed by atoms with E-state index in [0.29, 0.717) is 38.2 Å². The molecule has 8 nitrogen and oxygen atoms in total. The van der Waals surface area contributed by atoms with Crippen molar-refractivity contribution in [1.82, 2.24) is 9.66 Å². The number of benzene rings is 3. The zero-order chi connectivity index (χ0) is 25.8. The topological polar surface area (TPSA) is 94.8 Å². The molecule has 0 aliphatic carbocycles. The molecule has 0 fully saturated rings. The summed E-state index contributed by atoms with van der Waals surface area (Å²) >= 11 is 6.79. The predicted molar refractivity (Wildman–Crippen MR) is 143 cm³/mol. The quantitative estimate of drug-likeness (QED) is 0.285. The number of aryl methyl sites for hydroxylation is 1. The van der Waals surface area contributed by atoms with E-state index in [4.69, 9.17) is 9.47 Å². The molecule has 3 aromatic carbocycles. The van der Waals surface area contributed by atoms with Crippen molar-refractivity contribution in [1.29, 1.82) is 0 Å². The number of aromatic nitrogens is 2. The van der Waals surface area contributed by atoms with E-state index < -0.39 is 11.7 Å². The van der Waals surface area contributed by atoms with Crippen LogP contribution in [0, 0.1) is 12.7 Å². The first-order chi connectivity index (χ1) is 17.2. The van der Waals surface area contributed by atoms with Crippen LogP contribution in [-0.2, 0) is 4.79 Å². The van der Waals surface area contributed by atoms with Crippen molar-refractivity contribution in [3.8, 4) is 11.5 Å². The van der Waals surface area contributed by atoms with Gasteiger partial charge in [0.15, 0.2) is 18.1 Å². The van der Waals surface area contributed by atoms with Gasteiger partial charge in [-0.05, 0) is 55.5 Å². The Kier molecular flexibility index (Phi) is 7.80. The maximum atomic E-state index is 13.4. The van der Waals surface area contributed by atoms with Gasteiger partial charge >= 0.3 is 0 Å². The summed E-state index contributed by atoms with van der Waals surface area (Å²) in [6.45, 7) is 1.30. The van der Waals surface area contributed by atoms with Crippen molar-refractivity contribution >= 4 is 60.6 Å². The number of anilines is 1. The molecule has 0 radical (unpaired) electrons. The van der Waals surface area contributed by atoms with Crippen molar-refractivity contribution in [2.24, 2.45) is 5.10 Å². The second-order valence-corrected chi connectivity index (χ2v) is 9.39. The number of hydrogen-bond acceptors (Lipinski definition) is 6. The van der Waals surface area contributed by atoms with Crippen LogP contribution in [0.1, 0.15) is 11.4 Å². The number of nitrogens with zero attached hydrogens (tertiary/aromatic N) is 3. The van der Waals surface area contributed by atoms with Crippen LogP contribution in [0.15, 0.2) is 73.4 Å². The van der Waals surface area contributed by atoms with E-state index in [0.717, 1.165) is 4.47 Å². The van der Waals surface area contributed by atoms with Gasteiger partial charge in [-0.2, -0.15) is 9.78 Å². The molecule has 0 saturated heterocycles. The Morgan fingerprint density at radius 2 is 1.97 bits per heavy atom. The van der Waals surface area contributed by atoms with E-state index in [9.17, 15) is 14.0 Å². The van der Waals surface area contributed by atoms with E-state index in [1.54, 1.807) is 37.3 Å². The third-order valence-electron chi connectivity index (χ3n) is 5.01. The maximum Gasteiger partial charge on any atom is 0.282 e. The van der Waals surface area contributed by atoms with E-state index in [1.165, 1.54) is 36.2 Å². The molecule has 0 unspecified atom stereocenters. The molecule has 0 aliphatic heterocycles. The number of fused-ring (bicyclic) bond motifs is 1. The smallest absolute Gasteiger partial charge is 0.282 e. The molecule has 11 heteroatoms. The highest BCUT2D eigenvalue weighted by Crippen LogP contribution is 2.34. The maximum absolute atomic E-state index is 13.4. The Labute approximate surface area is 222 Å². The van der Waals surface area contributed by atoms with Gasteiger partial charge in [-0.15, -0.1) is 0 Å². The summed E-state index contributed by atoms with van der Waals surface area (Å²) in [5.41, 5.74) is 0.970. The van der Waals surface area contributed by atoms with Crippen LogP contribution < -0.4 is 20.3 Å². The summed E-state index contributed by atoms with van der Waals surface area (Å²) in [6, 6.07) is 14.2. The number of carbonyl (C=O) groups excluding carboxylic acids is 1. The molecule has 1 aromatic heterocycles. The lowest BCUT2D eigenvalue weighted by Gasteiger charge is -2.14. The Balaban J connectivity index is 1.64. The van der Waals surface area contributed by atoms with Gasteiger partial charge < -0.3 is 14.8 Å². The molecule has 0 saturated carbocycles. The van der Waals surface area contributed by atoms with Crippen molar-refractivity contribution in [3.05, 3.63) is 91.1 Å². The van der Waals surface area contributed by atoms with Crippen LogP contribution in [0.5, 0.6) is 11.5 Å². The third-order valence-corrected chi connectivity index (χ3v) is 5.96. The Hall–Kier alpha value is -3.57. The van der Waals surface area contributed by atoms with Crippen LogP contribution in [0.3, 0.4) is 0 Å². The first-order valence-corrected chi connectivity index (χ1v) is 12.1. The van der Waals surface area contributed by atoms with Gasteiger partial charge in [-0.25, -0.2) is 9.37 Å². The van der Waals surface area contributed by atoms with Crippen LogP contribution in [-0.4, -0.2) is 35.5 Å². The molecule has 4 aromatic rings. The minimum atomic E-state index is -0.496. The fourth-order valence-corrected chi connectivity index (χ4v) is 4.22. The zero-order valence-electron chi connectivity index (χ0n) is 19.1. The fraction of sp³-hybridized carbons (Fsp3) is 0.120. The largest absolute Gasteiger partial charge is 0.493 e. The molecule has 0 spiro atoms. The van der Waals surface area contributed by atoms with E-state index in [2.05, 4.69) is 47.3 Å². The number of amides is 1. The molecule has 1 N–H and O–H groups in total. The number of halogens is 3. The minimum absolute atomic E-state index is 0.237. The zero-order valence-corrected chi connectivity index (χ0v) is 22.3. The number of ether oxygens (including phenoxy) is 2. The lowest BCUT2D eigenvalue weighted by Crippen LogP contribution is -2.21. The standard InChI is InChI=1S/C25H19Br2FN4O4/c1-14-30-21-7-6-16(26)9-20(21)25(34)32(14)29-12-15-8-17(27)10-22(35-2)24(15)36-13-23(33)31-19-5-3-4-18(28)11-19/h3-12H,13H2,1-2H3,(H,31,33). The fourth-order valence-electron chi connectivity index (χ4n) is 3.41. The summed E-state index contributed by atoms with van der Waals surface area (Å²) in [5.74, 6) is 0.00715. The van der Waals surface area contributed by atoms with Gasteiger partial charge in [-0.1, -0.05) is 37.9 Å². The molecule has 1 amide bonds. The highest BCUT2D eigenvalue weighted by molar-refractivity contribution is 9.10. The molecule has 4 rings (SSSR count). The molecule has 0 aliphatic rings. The number of hydrogen-bond donors (Lipinski definition) is 1. The molecule has 1 heterocycles. The van der Waals surface area contributed by atoms with Gasteiger partial charge in [0.25, 0.3) is 11.5 Å². The molecular weight excluding hydrogens is 599 g/mol. The van der Waals surface area contributed by atoms with Crippen LogP contribution in [0.2, 0.25) is 0 Å². The molecule has 184 valence electrons. The van der Waals surface area contributed by atoms with Crippen LogP contribution in [0.25, 0.3) is 10.9 Å². The first-order valence-electron chi connectivity index (χ1n) is 10.5. The number of rotatable bonds is 7. The second kappa shape index (κ2) is 11.0. The SMILES string of the molecule is COc1cc(Br)cc(C=Nn2c(C)nc3ccc(Br)cc3c2=O)c1OCC(=O)Nc1cccc(F)c1. The summed E-state index contributed by atoms with van der Waals surface area (Å²) in [5, 5.41) is 7.32. The lowest BCUT2D eigenvalue weighted by atomic mass is 10.2. The van der Waals surface area contributed by atoms with Crippen LogP contribution in [0.4, 0.5) is 10.1 Å². The summed E-state index contributed by atoms with van der Waals surface area (Å²) in [6.07, 6.45) is 1.42. The Morgan fingerprint density at radius 1 is 1.17 bits per heavy atom. The lowest BCUT2D eigenvalue weighted by molar-refractivity contribution is -0.118. The highest BCUT2D eigenvalue weighted by Gasteiger charge is 2.15. The van der Waals surface area contributed by atoms with Crippen molar-refractivity contribution in [2.45, 2.75) is 6.92 Å². The summed E-state index contributed by atoms with van der Waals surface area (Å²) in [4.78, 5) is 29.9. The molecule has 36 heavy (non-hydrogen) atoms. The molecule has 0 bridgehead atoms. The highest BCUT2D eigenvalue weighted by atomic mass is 79.9. The van der Waals surface area contributed by atoms with Crippen molar-refractivity contribution in [3.63, 3.8) is 0 Å². The number of carbonyl (C=O) groups is 1. The van der Waals surface area contributed by atoms with E-state index >= 15 is 0 Å². The Morgan fingerprint density at radius 3 is 2.72 bits per heavy atom. The second-order valence-electron chi connectivity index (χ2n) is 7.56. The van der Waals surface area contributed by atoms with Gasteiger partial charge in [0.05, 0.1) is 24.2 Å². The first kappa shape index (κ1) is 25.5. The third kappa shape index (κ3) is 5.80. The normalized spacial score (nSPS) is 11.1. The van der Waals surface area contributed by atoms with E-state index in [1.807, 2.05) is 6.07 Å². The monoisotopic (exact) mass is 616 g/mol. The predicted octanol–water partition coefficient (Wildman–Crippen LogP) is 5.28.